The third-order valence-corrected chi connectivity index (χ3v) is 5.97. The fourth-order valence-electron chi connectivity index (χ4n) is 3.61. The van der Waals surface area contributed by atoms with Crippen LogP contribution in [0, 0.1) is 13.8 Å². The van der Waals surface area contributed by atoms with Gasteiger partial charge in [-0.3, -0.25) is 4.68 Å². The van der Waals surface area contributed by atoms with Crippen LogP contribution in [0.4, 0.5) is 4.39 Å². The molecule has 0 radical (unpaired) electrons. The highest BCUT2D eigenvalue weighted by Crippen LogP contribution is 2.34. The first-order valence-corrected chi connectivity index (χ1v) is 9.57. The topological polar surface area (TPSA) is 60.0 Å². The van der Waals surface area contributed by atoms with E-state index in [0.717, 1.165) is 50.7 Å². The van der Waals surface area contributed by atoms with Crippen LogP contribution in [0.1, 0.15) is 23.7 Å². The molecule has 1 saturated heterocycles. The third-order valence-electron chi connectivity index (χ3n) is 4.91. The predicted molar refractivity (Wildman–Crippen MR) is 100 cm³/mol. The van der Waals surface area contributed by atoms with Gasteiger partial charge in [-0.1, -0.05) is 0 Å². The maximum Gasteiger partial charge on any atom is 0.156 e. The summed E-state index contributed by atoms with van der Waals surface area (Å²) in [4.78, 5) is 6.48. The largest absolute Gasteiger partial charge is 0.314 e. The van der Waals surface area contributed by atoms with Crippen LogP contribution in [0.15, 0.2) is 24.5 Å². The Hall–Kier alpha value is -2.32. The van der Waals surface area contributed by atoms with Gasteiger partial charge in [0.2, 0.25) is 0 Å². The Balaban J connectivity index is 1.53. The minimum atomic E-state index is -0.895. The molecule has 4 aromatic heterocycles. The summed E-state index contributed by atoms with van der Waals surface area (Å²) < 4.78 is 17.8. The summed E-state index contributed by atoms with van der Waals surface area (Å²) in [5.74, 6) is 0. The molecule has 134 valence electrons. The minimum absolute atomic E-state index is 0.176. The summed E-state index contributed by atoms with van der Waals surface area (Å²) in [7, 11) is 0. The van der Waals surface area contributed by atoms with Crippen LogP contribution in [0.2, 0.25) is 0 Å². The lowest BCUT2D eigenvalue weighted by Crippen LogP contribution is -2.39. The predicted octanol–water partition coefficient (Wildman–Crippen LogP) is 3.30. The van der Waals surface area contributed by atoms with Gasteiger partial charge < -0.3 is 5.32 Å². The molecular formula is C18H19FN6S. The Morgan fingerprint density at radius 3 is 2.92 bits per heavy atom. The van der Waals surface area contributed by atoms with Gasteiger partial charge in [0.15, 0.2) is 5.65 Å². The lowest BCUT2D eigenvalue weighted by atomic mass is 10.1. The summed E-state index contributed by atoms with van der Waals surface area (Å²) in [5.41, 5.74) is 3.84. The van der Waals surface area contributed by atoms with Crippen LogP contribution in [0.3, 0.4) is 0 Å². The standard InChI is InChI=1S/C18H19FN6S/c1-10-5-14(22-25-8-11(2)21-17(10)25)16-6-12-9-24(23-18(12)26-16)15-3-4-20-7-13(15)19/h5-6,8-9,13,15,20H,3-4,7H2,1-2H3/t13-,15?/m1/s1. The molecule has 5 rings (SSSR count). The monoisotopic (exact) mass is 370 g/mol. The lowest BCUT2D eigenvalue weighted by molar-refractivity contribution is 0.174. The molecular weight excluding hydrogens is 351 g/mol. The molecule has 1 unspecified atom stereocenters. The van der Waals surface area contributed by atoms with Crippen molar-refractivity contribution in [1.29, 1.82) is 0 Å². The SMILES string of the molecule is Cc1cn2nc(-c3cc4cn(C5CCNC[C@H]5F)nc4s3)cc(C)c2n1. The number of halogens is 1. The van der Waals surface area contributed by atoms with Crippen molar-refractivity contribution in [2.45, 2.75) is 32.5 Å². The Morgan fingerprint density at radius 2 is 2.12 bits per heavy atom. The van der Waals surface area contributed by atoms with E-state index >= 15 is 0 Å². The summed E-state index contributed by atoms with van der Waals surface area (Å²) in [6, 6.07) is 3.98. The number of piperidine rings is 1. The van der Waals surface area contributed by atoms with E-state index in [9.17, 15) is 4.39 Å². The van der Waals surface area contributed by atoms with Crippen LogP contribution in [-0.2, 0) is 0 Å². The zero-order chi connectivity index (χ0) is 17.8. The Morgan fingerprint density at radius 1 is 1.23 bits per heavy atom. The van der Waals surface area contributed by atoms with E-state index in [0.29, 0.717) is 6.54 Å². The van der Waals surface area contributed by atoms with Gasteiger partial charge in [0, 0.05) is 18.1 Å². The summed E-state index contributed by atoms with van der Waals surface area (Å²) in [5, 5.41) is 13.5. The molecule has 0 aromatic carbocycles. The van der Waals surface area contributed by atoms with Gasteiger partial charge in [-0.05, 0) is 44.5 Å². The lowest BCUT2D eigenvalue weighted by Gasteiger charge is -2.26. The molecule has 8 heteroatoms. The highest BCUT2D eigenvalue weighted by Gasteiger charge is 2.27. The first-order chi connectivity index (χ1) is 12.6. The second-order valence-electron chi connectivity index (χ2n) is 6.92. The number of aromatic nitrogens is 5. The highest BCUT2D eigenvalue weighted by atomic mass is 32.1. The molecule has 1 fully saturated rings. The van der Waals surface area contributed by atoms with Crippen molar-refractivity contribution in [3.05, 3.63) is 35.8 Å². The van der Waals surface area contributed by atoms with Crippen molar-refractivity contribution in [3.63, 3.8) is 0 Å². The first-order valence-electron chi connectivity index (χ1n) is 8.76. The summed E-state index contributed by atoms with van der Waals surface area (Å²) in [6.07, 6.45) is 3.77. The second kappa shape index (κ2) is 5.85. The van der Waals surface area contributed by atoms with Gasteiger partial charge in [0.25, 0.3) is 0 Å². The smallest absolute Gasteiger partial charge is 0.156 e. The van der Waals surface area contributed by atoms with Crippen LogP contribution in [-0.4, -0.2) is 43.6 Å². The van der Waals surface area contributed by atoms with E-state index in [1.807, 2.05) is 30.8 Å². The Kier molecular flexibility index (Phi) is 3.58. The maximum atomic E-state index is 14.2. The molecule has 4 aromatic rings. The van der Waals surface area contributed by atoms with Crippen molar-refractivity contribution in [3.8, 4) is 10.6 Å². The molecule has 0 saturated carbocycles. The number of fused-ring (bicyclic) bond motifs is 2. The third kappa shape index (κ3) is 2.52. The zero-order valence-electron chi connectivity index (χ0n) is 14.6. The van der Waals surface area contributed by atoms with Gasteiger partial charge in [0.05, 0.1) is 22.8 Å². The van der Waals surface area contributed by atoms with E-state index in [-0.39, 0.29) is 6.04 Å². The molecule has 0 spiro atoms. The van der Waals surface area contributed by atoms with Gasteiger partial charge in [-0.25, -0.2) is 13.9 Å². The van der Waals surface area contributed by atoms with Crippen molar-refractivity contribution < 1.29 is 4.39 Å². The van der Waals surface area contributed by atoms with Gasteiger partial charge in [-0.2, -0.15) is 10.2 Å². The van der Waals surface area contributed by atoms with Gasteiger partial charge in [0.1, 0.15) is 16.7 Å². The maximum absolute atomic E-state index is 14.2. The number of thiophene rings is 1. The molecule has 1 aliphatic rings. The number of aryl methyl sites for hydroxylation is 2. The van der Waals surface area contributed by atoms with Gasteiger partial charge >= 0.3 is 0 Å². The molecule has 1 N–H and O–H groups in total. The quantitative estimate of drug-likeness (QED) is 0.588. The number of alkyl halides is 1. The first kappa shape index (κ1) is 15.9. The normalized spacial score (nSPS) is 21.0. The molecule has 26 heavy (non-hydrogen) atoms. The minimum Gasteiger partial charge on any atom is -0.314 e. The summed E-state index contributed by atoms with van der Waals surface area (Å²) in [6.45, 7) is 5.24. The van der Waals surface area contributed by atoms with Crippen LogP contribution in [0.25, 0.3) is 26.4 Å². The van der Waals surface area contributed by atoms with Crippen molar-refractivity contribution in [2.75, 3.05) is 13.1 Å². The van der Waals surface area contributed by atoms with Crippen molar-refractivity contribution in [2.24, 2.45) is 0 Å². The number of nitrogens with one attached hydrogen (secondary N) is 1. The van der Waals surface area contributed by atoms with E-state index in [4.69, 9.17) is 0 Å². The second-order valence-corrected chi connectivity index (χ2v) is 7.95. The average Bonchev–Trinajstić information content (AvgIpc) is 3.27. The fourth-order valence-corrected chi connectivity index (χ4v) is 4.57. The van der Waals surface area contributed by atoms with Crippen LogP contribution >= 0.6 is 11.3 Å². The molecule has 0 aliphatic carbocycles. The average molecular weight is 370 g/mol. The number of imidazole rings is 1. The van der Waals surface area contributed by atoms with E-state index in [1.165, 1.54) is 0 Å². The Bertz CT molecular complexity index is 1080. The number of hydrogen-bond donors (Lipinski definition) is 1. The molecule has 5 heterocycles. The molecule has 0 bridgehead atoms. The number of rotatable bonds is 2. The van der Waals surface area contributed by atoms with E-state index < -0.39 is 6.17 Å². The molecule has 0 amide bonds. The fraction of sp³-hybridized carbons (Fsp3) is 0.389. The molecule has 6 nitrogen and oxygen atoms in total. The van der Waals surface area contributed by atoms with Gasteiger partial charge in [-0.15, -0.1) is 11.3 Å². The van der Waals surface area contributed by atoms with E-state index in [1.54, 1.807) is 16.0 Å². The number of hydrogen-bond acceptors (Lipinski definition) is 5. The van der Waals surface area contributed by atoms with Crippen LogP contribution < -0.4 is 5.32 Å². The van der Waals surface area contributed by atoms with Crippen LogP contribution in [0.5, 0.6) is 0 Å². The van der Waals surface area contributed by atoms with Crippen molar-refractivity contribution in [1.82, 2.24) is 29.7 Å². The molecule has 2 atom stereocenters. The number of nitrogens with zero attached hydrogens (tertiary/aromatic N) is 5. The molecule has 1 aliphatic heterocycles. The van der Waals surface area contributed by atoms with Crippen molar-refractivity contribution >= 4 is 27.2 Å². The summed E-state index contributed by atoms with van der Waals surface area (Å²) >= 11 is 1.59. The van der Waals surface area contributed by atoms with E-state index in [2.05, 4.69) is 32.6 Å². The zero-order valence-corrected chi connectivity index (χ0v) is 15.4. The Labute approximate surface area is 153 Å². The highest BCUT2D eigenvalue weighted by molar-refractivity contribution is 7.21.